The zero-order chi connectivity index (χ0) is 22.5. The van der Waals surface area contributed by atoms with Crippen LogP contribution in [0.1, 0.15) is 11.1 Å². The first-order chi connectivity index (χ1) is 15.6. The lowest BCUT2D eigenvalue weighted by molar-refractivity contribution is -0.140. The Labute approximate surface area is 197 Å². The van der Waals surface area contributed by atoms with E-state index in [9.17, 15) is 4.79 Å². The van der Waals surface area contributed by atoms with Crippen LogP contribution in [0.2, 0.25) is 0 Å². The number of halogens is 1. The van der Waals surface area contributed by atoms with Gasteiger partial charge >= 0.3 is 5.97 Å². The first kappa shape index (κ1) is 24.1. The van der Waals surface area contributed by atoms with Gasteiger partial charge in [-0.05, 0) is 47.4 Å². The van der Waals surface area contributed by atoms with Crippen LogP contribution in [0, 0.1) is 6.92 Å². The van der Waals surface area contributed by atoms with Gasteiger partial charge in [-0.1, -0.05) is 54.6 Å². The molecule has 0 saturated carbocycles. The summed E-state index contributed by atoms with van der Waals surface area (Å²) in [6.45, 7) is 1.89. The molecule has 0 aliphatic heterocycles. The lowest BCUT2D eigenvalue weighted by Crippen LogP contribution is -2.39. The lowest BCUT2D eigenvalue weighted by atomic mass is 9.96. The smallest absolute Gasteiger partial charge is 0.323 e. The molecule has 3 aromatic carbocycles. The molecule has 1 atom stereocenters. The summed E-state index contributed by atoms with van der Waals surface area (Å²) in [5, 5.41) is 29.3. The monoisotopic (exact) mass is 465 g/mol. The zero-order valence-corrected chi connectivity index (χ0v) is 18.7. The van der Waals surface area contributed by atoms with Gasteiger partial charge in [0.05, 0.1) is 6.61 Å². The second-order valence-corrected chi connectivity index (χ2v) is 7.41. The maximum Gasteiger partial charge on any atom is 0.323 e. The van der Waals surface area contributed by atoms with Crippen molar-refractivity contribution in [2.75, 3.05) is 6.61 Å². The Kier molecular flexibility index (Phi) is 7.95. The highest BCUT2D eigenvalue weighted by atomic mass is 35.5. The van der Waals surface area contributed by atoms with Crippen molar-refractivity contribution in [3.05, 3.63) is 83.9 Å². The van der Waals surface area contributed by atoms with E-state index in [1.54, 1.807) is 0 Å². The number of aliphatic carboxylic acids is 1. The maximum atomic E-state index is 11.0. The maximum absolute atomic E-state index is 11.0. The average Bonchev–Trinajstić information content (AvgIpc) is 3.30. The molecule has 1 heterocycles. The fourth-order valence-corrected chi connectivity index (χ4v) is 3.48. The largest absolute Gasteiger partial charge is 0.480 e. The number of rotatable bonds is 8. The normalized spacial score (nSPS) is 11.6. The van der Waals surface area contributed by atoms with Gasteiger partial charge in [0.15, 0.2) is 0 Å². The van der Waals surface area contributed by atoms with Crippen molar-refractivity contribution in [2.45, 2.75) is 19.5 Å². The Morgan fingerprint density at radius 3 is 2.24 bits per heavy atom. The molecule has 4 aromatic rings. The number of nitrogens with zero attached hydrogens (tertiary/aromatic N) is 2. The van der Waals surface area contributed by atoms with Gasteiger partial charge in [-0.3, -0.25) is 10.1 Å². The van der Waals surface area contributed by atoms with Gasteiger partial charge in [-0.25, -0.2) is 0 Å². The van der Waals surface area contributed by atoms with E-state index in [0.717, 1.165) is 33.4 Å². The molecule has 0 spiro atoms. The van der Waals surface area contributed by atoms with Crippen molar-refractivity contribution >= 4 is 18.4 Å². The van der Waals surface area contributed by atoms with Gasteiger partial charge in [0.2, 0.25) is 11.8 Å². The molecule has 3 N–H and O–H groups in total. The first-order valence-corrected chi connectivity index (χ1v) is 10.2. The van der Waals surface area contributed by atoms with E-state index in [4.69, 9.17) is 14.6 Å². The van der Waals surface area contributed by atoms with E-state index in [1.165, 1.54) is 0 Å². The Hall–Kier alpha value is -3.52. The molecule has 0 radical (unpaired) electrons. The number of benzene rings is 3. The topological polar surface area (TPSA) is 108 Å². The standard InChI is InChI=1S/C25H23N3O4.ClH/c1-16-20(18-6-3-2-4-7-18)8-5-9-21(16)24-28-27-23(32-24)19-12-10-17(11-13-19)14-26-22(15-29)25(30)31;/h2-13,22,26,29H,14-15H2,1H3,(H,30,31);1H/t22-;/m0./s1. The predicted octanol–water partition coefficient (Wildman–Crippen LogP) is 4.34. The summed E-state index contributed by atoms with van der Waals surface area (Å²) in [5.74, 6) is -0.231. The molecule has 0 unspecified atom stereocenters. The summed E-state index contributed by atoms with van der Waals surface area (Å²) in [7, 11) is 0. The first-order valence-electron chi connectivity index (χ1n) is 10.2. The minimum atomic E-state index is -1.09. The Morgan fingerprint density at radius 2 is 1.58 bits per heavy atom. The van der Waals surface area contributed by atoms with Crippen LogP contribution in [0.5, 0.6) is 0 Å². The fourth-order valence-electron chi connectivity index (χ4n) is 3.48. The highest BCUT2D eigenvalue weighted by molar-refractivity contribution is 5.85. The van der Waals surface area contributed by atoms with E-state index in [-0.39, 0.29) is 12.4 Å². The molecule has 8 heteroatoms. The van der Waals surface area contributed by atoms with E-state index in [1.807, 2.05) is 61.5 Å². The third-order valence-electron chi connectivity index (χ3n) is 5.31. The summed E-state index contributed by atoms with van der Waals surface area (Å²) < 4.78 is 5.97. The SMILES string of the molecule is Cc1c(-c2ccccc2)cccc1-c1nnc(-c2ccc(CN[C@@H](CO)C(=O)O)cc2)o1.Cl. The predicted molar refractivity (Wildman–Crippen MR) is 128 cm³/mol. The molecular weight excluding hydrogens is 442 g/mol. The summed E-state index contributed by atoms with van der Waals surface area (Å²) >= 11 is 0. The third-order valence-corrected chi connectivity index (χ3v) is 5.31. The summed E-state index contributed by atoms with van der Waals surface area (Å²) in [5.41, 5.74) is 5.83. The van der Waals surface area contributed by atoms with Crippen LogP contribution in [-0.4, -0.2) is 39.0 Å². The molecule has 170 valence electrons. The van der Waals surface area contributed by atoms with Crippen molar-refractivity contribution in [2.24, 2.45) is 0 Å². The van der Waals surface area contributed by atoms with Gasteiger partial charge < -0.3 is 14.6 Å². The van der Waals surface area contributed by atoms with Crippen molar-refractivity contribution in [3.63, 3.8) is 0 Å². The molecule has 4 rings (SSSR count). The summed E-state index contributed by atoms with van der Waals surface area (Å²) in [4.78, 5) is 11.0. The van der Waals surface area contributed by atoms with Crippen LogP contribution >= 0.6 is 12.4 Å². The quantitative estimate of drug-likeness (QED) is 0.355. The van der Waals surface area contributed by atoms with E-state index < -0.39 is 18.6 Å². The molecule has 0 aliphatic rings. The van der Waals surface area contributed by atoms with Crippen molar-refractivity contribution in [1.29, 1.82) is 0 Å². The fraction of sp³-hybridized carbons (Fsp3) is 0.160. The van der Waals surface area contributed by atoms with Gasteiger partial charge in [-0.2, -0.15) is 0 Å². The third kappa shape index (κ3) is 5.46. The molecule has 0 fully saturated rings. The van der Waals surface area contributed by atoms with Crippen LogP contribution in [0.25, 0.3) is 34.0 Å². The number of hydrogen-bond donors (Lipinski definition) is 3. The average molecular weight is 466 g/mol. The highest BCUT2D eigenvalue weighted by Gasteiger charge is 2.16. The van der Waals surface area contributed by atoms with Crippen molar-refractivity contribution < 1.29 is 19.4 Å². The van der Waals surface area contributed by atoms with E-state index >= 15 is 0 Å². The van der Waals surface area contributed by atoms with Gasteiger partial charge in [0.1, 0.15) is 6.04 Å². The number of carboxylic acid groups (broad SMARTS) is 1. The van der Waals surface area contributed by atoms with Crippen LogP contribution in [-0.2, 0) is 11.3 Å². The molecule has 0 bridgehead atoms. The second-order valence-electron chi connectivity index (χ2n) is 7.41. The lowest BCUT2D eigenvalue weighted by Gasteiger charge is -2.11. The highest BCUT2D eigenvalue weighted by Crippen LogP contribution is 2.32. The molecule has 7 nitrogen and oxygen atoms in total. The van der Waals surface area contributed by atoms with Crippen LogP contribution in [0.4, 0.5) is 0 Å². The van der Waals surface area contributed by atoms with Gasteiger partial charge in [0, 0.05) is 17.7 Å². The molecule has 1 aromatic heterocycles. The molecule has 0 amide bonds. The number of aliphatic hydroxyl groups excluding tert-OH is 1. The number of nitrogens with one attached hydrogen (secondary N) is 1. The number of carbonyl (C=O) groups is 1. The Morgan fingerprint density at radius 1 is 0.909 bits per heavy atom. The molecular formula is C25H24ClN3O4. The van der Waals surface area contributed by atoms with Crippen LogP contribution in [0.15, 0.2) is 77.2 Å². The van der Waals surface area contributed by atoms with Crippen LogP contribution in [0.3, 0.4) is 0 Å². The van der Waals surface area contributed by atoms with Gasteiger partial charge in [-0.15, -0.1) is 22.6 Å². The van der Waals surface area contributed by atoms with Crippen LogP contribution < -0.4 is 5.32 Å². The van der Waals surface area contributed by atoms with Crippen molar-refractivity contribution in [3.8, 4) is 34.0 Å². The van der Waals surface area contributed by atoms with Crippen molar-refractivity contribution in [1.82, 2.24) is 15.5 Å². The minimum Gasteiger partial charge on any atom is -0.480 e. The number of carboxylic acids is 1. The Balaban J connectivity index is 0.00000306. The number of aromatic nitrogens is 2. The number of hydrogen-bond acceptors (Lipinski definition) is 6. The molecule has 0 aliphatic carbocycles. The summed E-state index contributed by atoms with van der Waals surface area (Å²) in [6, 6.07) is 22.6. The van der Waals surface area contributed by atoms with E-state index in [2.05, 4.69) is 33.7 Å². The molecule has 33 heavy (non-hydrogen) atoms. The second kappa shape index (κ2) is 10.9. The van der Waals surface area contributed by atoms with E-state index in [0.29, 0.717) is 18.3 Å². The summed E-state index contributed by atoms with van der Waals surface area (Å²) in [6.07, 6.45) is 0. The number of aliphatic hydroxyl groups is 1. The molecule has 0 saturated heterocycles. The van der Waals surface area contributed by atoms with Gasteiger partial charge in [0.25, 0.3) is 0 Å². The zero-order valence-electron chi connectivity index (χ0n) is 17.9. The Bertz CT molecular complexity index is 1210. The minimum absolute atomic E-state index is 0.